The number of carbonyl (C=O) groups is 1. The van der Waals surface area contributed by atoms with E-state index in [4.69, 9.17) is 11.6 Å². The fraction of sp³-hybridized carbons (Fsp3) is 0.333. The minimum absolute atomic E-state index is 0.0433. The van der Waals surface area contributed by atoms with Crippen molar-refractivity contribution in [3.8, 4) is 0 Å². The van der Waals surface area contributed by atoms with E-state index in [0.29, 0.717) is 11.6 Å². The van der Waals surface area contributed by atoms with Crippen molar-refractivity contribution >= 4 is 16.8 Å². The van der Waals surface area contributed by atoms with E-state index in [2.05, 4.69) is 5.10 Å². The van der Waals surface area contributed by atoms with E-state index < -0.39 is 11.3 Å². The van der Waals surface area contributed by atoms with Crippen molar-refractivity contribution < 1.29 is 13.6 Å². The molecular formula is C6H5ClF2N2O. The van der Waals surface area contributed by atoms with Gasteiger partial charge >= 0.3 is 6.05 Å². The first-order chi connectivity index (χ1) is 5.41. The van der Waals surface area contributed by atoms with Crippen LogP contribution < -0.4 is 0 Å². The number of alkyl halides is 2. The molecule has 3 nitrogen and oxygen atoms in total. The summed E-state index contributed by atoms with van der Waals surface area (Å²) in [5.41, 5.74) is -0.0433. The van der Waals surface area contributed by atoms with Gasteiger partial charge in [-0.2, -0.15) is 13.9 Å². The lowest BCUT2D eigenvalue weighted by Gasteiger charge is -2.08. The van der Waals surface area contributed by atoms with E-state index in [1.807, 2.05) is 0 Å². The quantitative estimate of drug-likeness (QED) is 0.674. The lowest BCUT2D eigenvalue weighted by atomic mass is 10.4. The number of rotatable bonds is 2. The molecule has 66 valence electrons. The average Bonchev–Trinajstić information content (AvgIpc) is 2.30. The van der Waals surface area contributed by atoms with Gasteiger partial charge in [-0.25, -0.2) is 4.68 Å². The summed E-state index contributed by atoms with van der Waals surface area (Å²) in [7, 11) is 0. The topological polar surface area (TPSA) is 34.9 Å². The molecule has 0 N–H and O–H groups in total. The molecule has 0 radical (unpaired) electrons. The van der Waals surface area contributed by atoms with Gasteiger partial charge in [0.15, 0.2) is 0 Å². The Morgan fingerprint density at radius 2 is 2.33 bits per heavy atom. The number of halogens is 3. The second-order valence-corrected chi connectivity index (χ2v) is 2.63. The monoisotopic (exact) mass is 194 g/mol. The van der Waals surface area contributed by atoms with Crippen LogP contribution in [-0.4, -0.2) is 15.0 Å². The molecule has 0 bridgehead atoms. The Balaban J connectivity index is 3.00. The Kier molecular flexibility index (Phi) is 2.14. The van der Waals surface area contributed by atoms with Gasteiger partial charge in [0, 0.05) is 13.1 Å². The number of hydrogen-bond acceptors (Lipinski definition) is 2. The third-order valence-corrected chi connectivity index (χ3v) is 1.43. The van der Waals surface area contributed by atoms with E-state index in [1.54, 1.807) is 0 Å². The standard InChI is InChI=1S/C6H5ClF2N2O/c1-6(8,9)11-3-4(2-10-11)5(7)12/h2-3H,1H3. The van der Waals surface area contributed by atoms with Crippen molar-refractivity contribution in [3.05, 3.63) is 18.0 Å². The van der Waals surface area contributed by atoms with E-state index >= 15 is 0 Å². The van der Waals surface area contributed by atoms with Crippen LogP contribution in [0, 0.1) is 0 Å². The number of nitrogens with zero attached hydrogens (tertiary/aromatic N) is 2. The molecule has 0 saturated carbocycles. The lowest BCUT2D eigenvalue weighted by Crippen LogP contribution is -2.18. The fourth-order valence-electron chi connectivity index (χ4n) is 0.639. The normalized spacial score (nSPS) is 11.7. The maximum absolute atomic E-state index is 12.5. The van der Waals surface area contributed by atoms with Crippen LogP contribution in [0.5, 0.6) is 0 Å². The van der Waals surface area contributed by atoms with Crippen LogP contribution in [0.2, 0.25) is 0 Å². The van der Waals surface area contributed by atoms with Crippen LogP contribution in [0.4, 0.5) is 8.78 Å². The third kappa shape index (κ3) is 1.79. The van der Waals surface area contributed by atoms with Gasteiger partial charge in [-0.3, -0.25) is 4.79 Å². The lowest BCUT2D eigenvalue weighted by molar-refractivity contribution is -0.0723. The molecule has 0 aliphatic rings. The average molecular weight is 195 g/mol. The molecular weight excluding hydrogens is 190 g/mol. The molecule has 0 spiro atoms. The molecule has 0 fully saturated rings. The molecule has 6 heteroatoms. The molecule has 0 aromatic carbocycles. The molecule has 0 amide bonds. The van der Waals surface area contributed by atoms with Gasteiger partial charge in [-0.05, 0) is 11.6 Å². The summed E-state index contributed by atoms with van der Waals surface area (Å²) >= 11 is 5.03. The Morgan fingerprint density at radius 1 is 1.75 bits per heavy atom. The summed E-state index contributed by atoms with van der Waals surface area (Å²) in [6, 6.07) is -3.11. The van der Waals surface area contributed by atoms with Gasteiger partial charge in [0.1, 0.15) is 0 Å². The second kappa shape index (κ2) is 2.82. The maximum atomic E-state index is 12.5. The first-order valence-electron chi connectivity index (χ1n) is 3.04. The van der Waals surface area contributed by atoms with Gasteiger partial charge in [0.05, 0.1) is 11.8 Å². The number of carbonyl (C=O) groups excluding carboxylic acids is 1. The molecule has 1 rings (SSSR count). The maximum Gasteiger partial charge on any atom is 0.340 e. The smallest absolute Gasteiger partial charge is 0.275 e. The molecule has 0 aliphatic heterocycles. The van der Waals surface area contributed by atoms with Crippen LogP contribution in [-0.2, 0) is 6.05 Å². The van der Waals surface area contributed by atoms with Crippen molar-refractivity contribution in [1.29, 1.82) is 0 Å². The van der Waals surface area contributed by atoms with Gasteiger partial charge in [-0.15, -0.1) is 0 Å². The van der Waals surface area contributed by atoms with E-state index in [1.165, 1.54) is 0 Å². The van der Waals surface area contributed by atoms with Gasteiger partial charge in [-0.1, -0.05) is 0 Å². The summed E-state index contributed by atoms with van der Waals surface area (Å²) in [4.78, 5) is 10.5. The van der Waals surface area contributed by atoms with E-state index in [0.717, 1.165) is 12.4 Å². The predicted molar refractivity (Wildman–Crippen MR) is 38.3 cm³/mol. The zero-order valence-electron chi connectivity index (χ0n) is 6.09. The molecule has 1 aromatic heterocycles. The SMILES string of the molecule is CC(F)(F)n1cc(C(=O)Cl)cn1. The molecule has 1 heterocycles. The summed E-state index contributed by atoms with van der Waals surface area (Å²) < 4.78 is 25.3. The molecule has 0 unspecified atom stereocenters. The van der Waals surface area contributed by atoms with Crippen LogP contribution in [0.1, 0.15) is 17.3 Å². The second-order valence-electron chi connectivity index (χ2n) is 2.29. The first-order valence-corrected chi connectivity index (χ1v) is 3.42. The Bertz CT molecular complexity index is 305. The highest BCUT2D eigenvalue weighted by molar-refractivity contribution is 6.67. The zero-order chi connectivity index (χ0) is 9.35. The molecule has 0 aliphatic carbocycles. The summed E-state index contributed by atoms with van der Waals surface area (Å²) in [6.45, 7) is 0.669. The minimum atomic E-state index is -3.11. The number of hydrogen-bond donors (Lipinski definition) is 0. The van der Waals surface area contributed by atoms with Gasteiger partial charge < -0.3 is 0 Å². The Morgan fingerprint density at radius 3 is 2.58 bits per heavy atom. The van der Waals surface area contributed by atoms with Crippen molar-refractivity contribution in [2.75, 3.05) is 0 Å². The Hall–Kier alpha value is -0.970. The molecule has 0 atom stereocenters. The highest BCUT2D eigenvalue weighted by atomic mass is 35.5. The highest BCUT2D eigenvalue weighted by Crippen LogP contribution is 2.18. The predicted octanol–water partition coefficient (Wildman–Crippen LogP) is 1.83. The van der Waals surface area contributed by atoms with Gasteiger partial charge in [0.2, 0.25) is 0 Å². The van der Waals surface area contributed by atoms with Crippen LogP contribution in [0.25, 0.3) is 0 Å². The third-order valence-electron chi connectivity index (χ3n) is 1.21. The van der Waals surface area contributed by atoms with Crippen molar-refractivity contribution in [3.63, 3.8) is 0 Å². The summed E-state index contributed by atoms with van der Waals surface area (Å²) in [5, 5.41) is 2.47. The summed E-state index contributed by atoms with van der Waals surface area (Å²) in [6.07, 6.45) is 1.89. The Labute approximate surface area is 71.9 Å². The number of aromatic nitrogens is 2. The largest absolute Gasteiger partial charge is 0.340 e. The van der Waals surface area contributed by atoms with E-state index in [-0.39, 0.29) is 5.56 Å². The van der Waals surface area contributed by atoms with Crippen molar-refractivity contribution in [2.45, 2.75) is 13.0 Å². The van der Waals surface area contributed by atoms with E-state index in [9.17, 15) is 13.6 Å². The van der Waals surface area contributed by atoms with Crippen LogP contribution >= 0.6 is 11.6 Å². The minimum Gasteiger partial charge on any atom is -0.275 e. The van der Waals surface area contributed by atoms with Crippen LogP contribution in [0.15, 0.2) is 12.4 Å². The van der Waals surface area contributed by atoms with Gasteiger partial charge in [0.25, 0.3) is 5.24 Å². The van der Waals surface area contributed by atoms with Crippen LogP contribution in [0.3, 0.4) is 0 Å². The first kappa shape index (κ1) is 9.12. The molecule has 0 saturated heterocycles. The van der Waals surface area contributed by atoms with Crippen molar-refractivity contribution in [1.82, 2.24) is 9.78 Å². The fourth-order valence-corrected chi connectivity index (χ4v) is 0.737. The summed E-state index contributed by atoms with van der Waals surface area (Å²) in [5.74, 6) is 0. The highest BCUT2D eigenvalue weighted by Gasteiger charge is 2.25. The molecule has 1 aromatic rings. The van der Waals surface area contributed by atoms with Crippen molar-refractivity contribution in [2.24, 2.45) is 0 Å². The zero-order valence-corrected chi connectivity index (χ0v) is 6.85. The molecule has 12 heavy (non-hydrogen) atoms.